The smallest absolute Gasteiger partial charge is 0.244 e. The van der Waals surface area contributed by atoms with E-state index in [-0.39, 0.29) is 10.3 Å². The predicted octanol–water partition coefficient (Wildman–Crippen LogP) is 4.64. The molecule has 4 rings (SSSR count). The third kappa shape index (κ3) is 3.26. The summed E-state index contributed by atoms with van der Waals surface area (Å²) in [6.07, 6.45) is 0.419. The van der Waals surface area contributed by atoms with Gasteiger partial charge in [-0.3, -0.25) is 4.79 Å². The van der Waals surface area contributed by atoms with Crippen LogP contribution in [-0.4, -0.2) is 37.2 Å². The van der Waals surface area contributed by atoms with Crippen molar-refractivity contribution >= 4 is 31.7 Å². The molecule has 2 aromatic rings. The van der Waals surface area contributed by atoms with Crippen LogP contribution in [0.4, 0.5) is 0 Å². The summed E-state index contributed by atoms with van der Waals surface area (Å²) in [5.41, 5.74) is 0.839. The molecule has 0 aromatic heterocycles. The molecule has 0 unspecified atom stereocenters. The minimum atomic E-state index is -3.90. The first-order valence-corrected chi connectivity index (χ1v) is 12.3. The minimum absolute atomic E-state index is 0.0864. The highest BCUT2D eigenvalue weighted by Crippen LogP contribution is 2.50. The van der Waals surface area contributed by atoms with Crippen LogP contribution in [0.15, 0.2) is 51.8 Å². The Morgan fingerprint density at radius 2 is 1.77 bits per heavy atom. The molecule has 5 nitrogen and oxygen atoms in total. The first kappa shape index (κ1) is 21.4. The van der Waals surface area contributed by atoms with Gasteiger partial charge < -0.3 is 9.64 Å². The van der Waals surface area contributed by atoms with Crippen LogP contribution in [0.25, 0.3) is 0 Å². The quantitative estimate of drug-likeness (QED) is 0.613. The van der Waals surface area contributed by atoms with Gasteiger partial charge in [-0.15, -0.1) is 0 Å². The number of fused-ring (bicyclic) bond motifs is 4. The molecule has 1 fully saturated rings. The number of piperidine rings is 1. The van der Waals surface area contributed by atoms with Crippen molar-refractivity contribution in [2.75, 3.05) is 7.05 Å². The SMILES string of the molecule is CN1C(=O)[C@@H](S(=O)(=O)c2ccc(C(C)(C)C)cc2)[C@H]2C[C@]1(C)Oc1ccc(Br)cc12. The van der Waals surface area contributed by atoms with Crippen LogP contribution in [0.5, 0.6) is 5.75 Å². The van der Waals surface area contributed by atoms with E-state index in [2.05, 4.69) is 36.7 Å². The van der Waals surface area contributed by atoms with Crippen molar-refractivity contribution < 1.29 is 17.9 Å². The van der Waals surface area contributed by atoms with E-state index < -0.39 is 32.6 Å². The van der Waals surface area contributed by atoms with E-state index in [9.17, 15) is 13.2 Å². The number of hydrogen-bond donors (Lipinski definition) is 0. The van der Waals surface area contributed by atoms with Crippen molar-refractivity contribution in [3.8, 4) is 5.75 Å². The van der Waals surface area contributed by atoms with Gasteiger partial charge in [-0.1, -0.05) is 48.8 Å². The molecule has 2 aliphatic rings. The van der Waals surface area contributed by atoms with Gasteiger partial charge in [0, 0.05) is 29.4 Å². The molecule has 3 atom stereocenters. The highest BCUT2D eigenvalue weighted by molar-refractivity contribution is 9.10. The fourth-order valence-electron chi connectivity index (χ4n) is 4.41. The van der Waals surface area contributed by atoms with E-state index in [1.807, 2.05) is 37.3 Å². The topological polar surface area (TPSA) is 63.7 Å². The maximum absolute atomic E-state index is 13.7. The predicted molar refractivity (Wildman–Crippen MR) is 119 cm³/mol. The average Bonchev–Trinajstić information content (AvgIpc) is 2.66. The van der Waals surface area contributed by atoms with Gasteiger partial charge in [-0.05, 0) is 48.2 Å². The molecule has 2 aromatic carbocycles. The molecule has 1 saturated heterocycles. The van der Waals surface area contributed by atoms with Crippen molar-refractivity contribution in [1.29, 1.82) is 0 Å². The van der Waals surface area contributed by atoms with Crippen molar-refractivity contribution in [2.24, 2.45) is 0 Å². The monoisotopic (exact) mass is 491 g/mol. The summed E-state index contributed by atoms with van der Waals surface area (Å²) < 4.78 is 34.4. The first-order chi connectivity index (χ1) is 13.8. The second-order valence-electron chi connectivity index (χ2n) is 9.41. The average molecular weight is 492 g/mol. The summed E-state index contributed by atoms with van der Waals surface area (Å²) in [5.74, 6) is -0.286. The lowest BCUT2D eigenvalue weighted by Gasteiger charge is -2.51. The van der Waals surface area contributed by atoms with Crippen LogP contribution in [-0.2, 0) is 20.0 Å². The number of benzene rings is 2. The highest BCUT2D eigenvalue weighted by atomic mass is 79.9. The molecule has 2 aliphatic heterocycles. The molecule has 0 radical (unpaired) electrons. The van der Waals surface area contributed by atoms with Crippen LogP contribution < -0.4 is 4.74 Å². The zero-order valence-corrected chi connectivity index (χ0v) is 20.2. The van der Waals surface area contributed by atoms with Gasteiger partial charge in [0.15, 0.2) is 20.8 Å². The Balaban J connectivity index is 1.84. The third-order valence-electron chi connectivity index (χ3n) is 6.33. The largest absolute Gasteiger partial charge is 0.468 e. The van der Waals surface area contributed by atoms with Crippen LogP contribution >= 0.6 is 15.9 Å². The fraction of sp³-hybridized carbons (Fsp3) is 0.435. The molecule has 160 valence electrons. The molecule has 0 saturated carbocycles. The second-order valence-corrected chi connectivity index (χ2v) is 12.4. The Labute approximate surface area is 186 Å². The van der Waals surface area contributed by atoms with Gasteiger partial charge >= 0.3 is 0 Å². The molecule has 0 spiro atoms. The van der Waals surface area contributed by atoms with Gasteiger partial charge in [0.2, 0.25) is 5.91 Å². The number of likely N-dealkylation sites (tertiary alicyclic amines) is 1. The summed E-state index contributed by atoms with van der Waals surface area (Å²) in [7, 11) is -2.28. The number of rotatable bonds is 2. The number of hydrogen-bond acceptors (Lipinski definition) is 4. The Kier molecular flexibility index (Phi) is 4.86. The first-order valence-electron chi connectivity index (χ1n) is 9.95. The lowest BCUT2D eigenvalue weighted by atomic mass is 9.80. The van der Waals surface area contributed by atoms with E-state index in [1.165, 1.54) is 4.90 Å². The van der Waals surface area contributed by atoms with Crippen molar-refractivity contribution in [3.63, 3.8) is 0 Å². The van der Waals surface area contributed by atoms with Gasteiger partial charge in [-0.2, -0.15) is 0 Å². The standard InChI is InChI=1S/C23H26BrNO4S/c1-22(2,3)14-6-9-16(10-7-14)30(27,28)20-18-13-23(4,25(5)21(20)26)29-19-11-8-15(24)12-17(18)19/h6-12,18,20H,13H2,1-5H3/t18-,20-,23-/m0/s1. The molecule has 7 heteroatoms. The number of amides is 1. The highest BCUT2D eigenvalue weighted by Gasteiger charge is 2.57. The molecule has 1 amide bonds. The van der Waals surface area contributed by atoms with E-state index in [4.69, 9.17) is 4.74 Å². The van der Waals surface area contributed by atoms with Gasteiger partial charge in [0.05, 0.1) is 4.90 Å². The number of sulfone groups is 1. The number of carbonyl (C=O) groups is 1. The number of ether oxygens (including phenoxy) is 1. The number of halogens is 1. The molecule has 2 heterocycles. The van der Waals surface area contributed by atoms with Gasteiger partial charge in [-0.25, -0.2) is 8.42 Å². The van der Waals surface area contributed by atoms with E-state index in [0.29, 0.717) is 12.2 Å². The minimum Gasteiger partial charge on any atom is -0.468 e. The molecule has 30 heavy (non-hydrogen) atoms. The number of nitrogens with zero attached hydrogens (tertiary/aromatic N) is 1. The van der Waals surface area contributed by atoms with Crippen LogP contribution in [0, 0.1) is 0 Å². The Morgan fingerprint density at radius 1 is 1.13 bits per heavy atom. The summed E-state index contributed by atoms with van der Waals surface area (Å²) in [6.45, 7) is 8.07. The van der Waals surface area contributed by atoms with E-state index in [1.54, 1.807) is 19.2 Å². The van der Waals surface area contributed by atoms with E-state index in [0.717, 1.165) is 15.6 Å². The Hall–Kier alpha value is -1.86. The van der Waals surface area contributed by atoms with Crippen LogP contribution in [0.1, 0.15) is 51.2 Å². The fourth-order valence-corrected chi connectivity index (χ4v) is 6.70. The lowest BCUT2D eigenvalue weighted by molar-refractivity contribution is -0.159. The van der Waals surface area contributed by atoms with Crippen LogP contribution in [0.2, 0.25) is 0 Å². The maximum atomic E-state index is 13.7. The third-order valence-corrected chi connectivity index (χ3v) is 8.95. The van der Waals surface area contributed by atoms with Crippen molar-refractivity contribution in [2.45, 2.75) is 61.3 Å². The summed E-state index contributed by atoms with van der Waals surface area (Å²) in [4.78, 5) is 15.0. The Morgan fingerprint density at radius 3 is 2.37 bits per heavy atom. The maximum Gasteiger partial charge on any atom is 0.244 e. The Bertz CT molecular complexity index is 1120. The van der Waals surface area contributed by atoms with Gasteiger partial charge in [0.1, 0.15) is 5.75 Å². The van der Waals surface area contributed by atoms with Crippen molar-refractivity contribution in [3.05, 3.63) is 58.1 Å². The second kappa shape index (κ2) is 6.82. The molecular formula is C23H26BrNO4S. The van der Waals surface area contributed by atoms with E-state index >= 15 is 0 Å². The van der Waals surface area contributed by atoms with Gasteiger partial charge in [0.25, 0.3) is 0 Å². The summed E-state index contributed by atoms with van der Waals surface area (Å²) in [5, 5.41) is -1.19. The van der Waals surface area contributed by atoms with Crippen LogP contribution in [0.3, 0.4) is 0 Å². The molecule has 0 aliphatic carbocycles. The zero-order valence-electron chi connectivity index (χ0n) is 17.8. The summed E-state index contributed by atoms with van der Waals surface area (Å²) in [6, 6.07) is 12.5. The normalized spacial score (nSPS) is 26.2. The lowest BCUT2D eigenvalue weighted by Crippen LogP contribution is -2.64. The molecule has 2 bridgehead atoms. The zero-order chi connectivity index (χ0) is 22.1. The molecular weight excluding hydrogens is 466 g/mol. The summed E-state index contributed by atoms with van der Waals surface area (Å²) >= 11 is 3.46. The van der Waals surface area contributed by atoms with Crippen molar-refractivity contribution in [1.82, 2.24) is 4.90 Å². The molecule has 0 N–H and O–H groups in total. The number of carbonyl (C=O) groups excluding carboxylic acids is 1.